The number of benzene rings is 2. The van der Waals surface area contributed by atoms with Crippen molar-refractivity contribution in [3.05, 3.63) is 47.2 Å². The Balaban J connectivity index is 1.77. The molecule has 0 aliphatic carbocycles. The molecule has 0 unspecified atom stereocenters. The van der Waals surface area contributed by atoms with E-state index in [-0.39, 0.29) is 18.9 Å². The number of carboxylic acid groups (broad SMARTS) is 1. The zero-order chi connectivity index (χ0) is 24.9. The van der Waals surface area contributed by atoms with Crippen molar-refractivity contribution in [2.45, 2.75) is 19.8 Å². The molecule has 0 atom stereocenters. The van der Waals surface area contributed by atoms with Gasteiger partial charge in [-0.3, -0.25) is 14.6 Å². The Morgan fingerprint density at radius 2 is 2.00 bits per heavy atom. The molecule has 180 valence electrons. The Labute approximate surface area is 206 Å². The number of carboxylic acids is 1. The highest BCUT2D eigenvalue weighted by molar-refractivity contribution is 7.22. The van der Waals surface area contributed by atoms with E-state index in [1.165, 1.54) is 16.9 Å². The largest absolute Gasteiger partial charge is 0.493 e. The average Bonchev–Trinajstić information content (AvgIpc) is 3.24. The number of ether oxygens (including phenoxy) is 1. The smallest absolute Gasteiger partial charge is 0.307 e. The normalized spacial score (nSPS) is 12.6. The highest BCUT2D eigenvalue weighted by Gasteiger charge is 2.24. The topological polar surface area (TPSA) is 95.9 Å². The van der Waals surface area contributed by atoms with Gasteiger partial charge in [-0.2, -0.15) is 0 Å². The van der Waals surface area contributed by atoms with Gasteiger partial charge >= 0.3 is 5.97 Å². The van der Waals surface area contributed by atoms with Gasteiger partial charge < -0.3 is 19.6 Å². The molecule has 35 heavy (non-hydrogen) atoms. The summed E-state index contributed by atoms with van der Waals surface area (Å²) in [5.74, 6) is -0.123. The number of fused-ring (bicyclic) bond motifs is 1. The van der Waals surface area contributed by atoms with Crippen LogP contribution in [0.2, 0.25) is 0 Å². The lowest BCUT2D eigenvalue weighted by Crippen LogP contribution is -2.34. The Morgan fingerprint density at radius 1 is 1.20 bits per heavy atom. The van der Waals surface area contributed by atoms with Crippen LogP contribution in [0.5, 0.6) is 5.75 Å². The van der Waals surface area contributed by atoms with Crippen molar-refractivity contribution in [1.29, 1.82) is 0 Å². The molecule has 0 saturated heterocycles. The van der Waals surface area contributed by atoms with Gasteiger partial charge in [0.15, 0.2) is 5.13 Å². The van der Waals surface area contributed by atoms with E-state index in [1.807, 2.05) is 43.1 Å². The minimum atomic E-state index is -0.897. The molecular weight excluding hydrogens is 464 g/mol. The summed E-state index contributed by atoms with van der Waals surface area (Å²) in [5.41, 5.74) is 6.04. The Bertz CT molecular complexity index is 1480. The highest BCUT2D eigenvalue weighted by Crippen LogP contribution is 2.44. The lowest BCUT2D eigenvalue weighted by molar-refractivity contribution is -0.136. The molecule has 2 aromatic carbocycles. The number of thiazole rings is 1. The number of anilines is 1. The number of pyridine rings is 1. The minimum Gasteiger partial charge on any atom is -0.493 e. The average molecular weight is 491 g/mol. The van der Waals surface area contributed by atoms with Crippen molar-refractivity contribution in [3.63, 3.8) is 0 Å². The van der Waals surface area contributed by atoms with Crippen molar-refractivity contribution >= 4 is 49.5 Å². The number of carbonyl (C=O) groups is 2. The lowest BCUT2D eigenvalue weighted by Gasteiger charge is -2.21. The van der Waals surface area contributed by atoms with Crippen LogP contribution in [-0.4, -0.2) is 66.1 Å². The Hall–Kier alpha value is -3.72. The molecule has 1 aliphatic rings. The van der Waals surface area contributed by atoms with Gasteiger partial charge in [0.05, 0.1) is 35.3 Å². The quantitative estimate of drug-likeness (QED) is 0.438. The second-order valence-corrected chi connectivity index (χ2v) is 9.99. The highest BCUT2D eigenvalue weighted by atomic mass is 32.1. The van der Waals surface area contributed by atoms with Crippen LogP contribution in [-0.2, 0) is 22.4 Å². The SMILES string of the molecule is Cc1cc2nc(N(C)CC(=O)N(C)C)sc2c(-c2ccc3c4c(ccnc24)CCO3)c1CC(=O)O. The fourth-order valence-corrected chi connectivity index (χ4v) is 5.66. The van der Waals surface area contributed by atoms with Crippen molar-refractivity contribution in [2.24, 2.45) is 0 Å². The fourth-order valence-electron chi connectivity index (χ4n) is 4.57. The molecule has 9 heteroatoms. The summed E-state index contributed by atoms with van der Waals surface area (Å²) < 4.78 is 6.78. The van der Waals surface area contributed by atoms with E-state index in [2.05, 4.69) is 0 Å². The first-order chi connectivity index (χ1) is 16.7. The summed E-state index contributed by atoms with van der Waals surface area (Å²) in [5, 5.41) is 11.4. The molecule has 8 nitrogen and oxygen atoms in total. The Morgan fingerprint density at radius 3 is 2.74 bits per heavy atom. The second kappa shape index (κ2) is 8.81. The summed E-state index contributed by atoms with van der Waals surface area (Å²) in [7, 11) is 5.29. The molecule has 4 aromatic rings. The number of amides is 1. The molecule has 0 saturated carbocycles. The molecule has 0 bridgehead atoms. The van der Waals surface area contributed by atoms with E-state index < -0.39 is 5.97 Å². The number of hydrogen-bond acceptors (Lipinski definition) is 7. The van der Waals surface area contributed by atoms with Gasteiger partial charge in [-0.25, -0.2) is 4.98 Å². The maximum absolute atomic E-state index is 12.3. The van der Waals surface area contributed by atoms with E-state index in [9.17, 15) is 14.7 Å². The van der Waals surface area contributed by atoms with E-state index >= 15 is 0 Å². The number of carbonyl (C=O) groups excluding carboxylic acids is 1. The van der Waals surface area contributed by atoms with Crippen molar-refractivity contribution < 1.29 is 19.4 Å². The van der Waals surface area contributed by atoms with E-state index in [4.69, 9.17) is 14.7 Å². The summed E-state index contributed by atoms with van der Waals surface area (Å²) in [4.78, 5) is 37.1. The van der Waals surface area contributed by atoms with E-state index in [0.29, 0.717) is 11.7 Å². The fraction of sp³-hybridized carbons (Fsp3) is 0.308. The maximum Gasteiger partial charge on any atom is 0.307 e. The summed E-state index contributed by atoms with van der Waals surface area (Å²) >= 11 is 1.46. The molecule has 3 heterocycles. The predicted octanol–water partition coefficient (Wildman–Crippen LogP) is 3.91. The number of aliphatic carboxylic acids is 1. The summed E-state index contributed by atoms with van der Waals surface area (Å²) in [6.45, 7) is 2.74. The molecule has 0 spiro atoms. The van der Waals surface area contributed by atoms with Crippen molar-refractivity contribution in [1.82, 2.24) is 14.9 Å². The number of aryl methyl sites for hydroxylation is 1. The number of nitrogens with zero attached hydrogens (tertiary/aromatic N) is 4. The van der Waals surface area contributed by atoms with Gasteiger partial charge in [0.2, 0.25) is 5.91 Å². The van der Waals surface area contributed by atoms with Gasteiger partial charge in [-0.05, 0) is 47.9 Å². The third kappa shape index (κ3) is 4.05. The minimum absolute atomic E-state index is 0.0255. The molecule has 5 rings (SSSR count). The molecule has 0 fully saturated rings. The van der Waals surface area contributed by atoms with Crippen molar-refractivity contribution in [3.8, 4) is 16.9 Å². The molecular formula is C26H26N4O4S. The molecule has 1 aliphatic heterocycles. The van der Waals surface area contributed by atoms with Crippen LogP contribution in [0.15, 0.2) is 30.5 Å². The first-order valence-electron chi connectivity index (χ1n) is 11.3. The van der Waals surface area contributed by atoms with Gasteiger partial charge in [0, 0.05) is 50.3 Å². The van der Waals surface area contributed by atoms with Crippen LogP contribution >= 0.6 is 11.3 Å². The first-order valence-corrected chi connectivity index (χ1v) is 12.2. The zero-order valence-electron chi connectivity index (χ0n) is 20.1. The predicted molar refractivity (Wildman–Crippen MR) is 138 cm³/mol. The summed E-state index contributed by atoms with van der Waals surface area (Å²) in [6.07, 6.45) is 2.49. The van der Waals surface area contributed by atoms with Crippen LogP contribution < -0.4 is 9.64 Å². The van der Waals surface area contributed by atoms with Crippen LogP contribution in [0, 0.1) is 6.92 Å². The van der Waals surface area contributed by atoms with Crippen LogP contribution in [0.1, 0.15) is 16.7 Å². The Kier molecular flexibility index (Phi) is 5.80. The van der Waals surface area contributed by atoms with Gasteiger partial charge in [0.25, 0.3) is 0 Å². The van der Waals surface area contributed by atoms with Gasteiger partial charge in [0.1, 0.15) is 5.75 Å². The number of aromatic nitrogens is 2. The number of rotatable bonds is 6. The van der Waals surface area contributed by atoms with Gasteiger partial charge in [-0.15, -0.1) is 0 Å². The van der Waals surface area contributed by atoms with Crippen LogP contribution in [0.4, 0.5) is 5.13 Å². The van der Waals surface area contributed by atoms with Crippen molar-refractivity contribution in [2.75, 3.05) is 39.2 Å². The monoisotopic (exact) mass is 490 g/mol. The third-order valence-electron chi connectivity index (χ3n) is 6.36. The second-order valence-electron chi connectivity index (χ2n) is 9.01. The molecule has 1 amide bonds. The van der Waals surface area contributed by atoms with E-state index in [0.717, 1.165) is 55.5 Å². The maximum atomic E-state index is 12.3. The third-order valence-corrected chi connectivity index (χ3v) is 7.57. The molecule has 0 radical (unpaired) electrons. The number of likely N-dealkylation sites (N-methyl/N-ethyl adjacent to an activating group) is 2. The first kappa shape index (κ1) is 23.0. The van der Waals surface area contributed by atoms with Crippen LogP contribution in [0.3, 0.4) is 0 Å². The summed E-state index contributed by atoms with van der Waals surface area (Å²) in [6, 6.07) is 7.87. The molecule has 1 N–H and O–H groups in total. The zero-order valence-corrected chi connectivity index (χ0v) is 20.9. The van der Waals surface area contributed by atoms with Gasteiger partial charge in [-0.1, -0.05) is 11.3 Å². The molecule has 2 aromatic heterocycles. The van der Waals surface area contributed by atoms with E-state index in [1.54, 1.807) is 25.2 Å². The standard InChI is InChI=1S/C26H26N4O4S/c1-14-11-18-25(35-26(28-18)30(4)13-20(31)29(2)3)23(17(14)12-21(32)33)16-5-6-19-22-15(8-10-34-19)7-9-27-24(16)22/h5-7,9,11H,8,10,12-13H2,1-4H3,(H,32,33). The number of hydrogen-bond donors (Lipinski definition) is 1. The van der Waals surface area contributed by atoms with Crippen LogP contribution in [0.25, 0.3) is 32.2 Å². The lowest BCUT2D eigenvalue weighted by atomic mass is 9.90.